The van der Waals surface area contributed by atoms with Crippen LogP contribution in [-0.2, 0) is 19.1 Å². The van der Waals surface area contributed by atoms with Gasteiger partial charge in [-0.25, -0.2) is 9.59 Å². The van der Waals surface area contributed by atoms with E-state index in [4.69, 9.17) is 0 Å². The maximum atomic E-state index is 12.6. The van der Waals surface area contributed by atoms with E-state index in [1.165, 1.54) is 6.92 Å². The van der Waals surface area contributed by atoms with Crippen LogP contribution in [0.25, 0.3) is 0 Å². The lowest BCUT2D eigenvalue weighted by Crippen LogP contribution is -2.65. The van der Waals surface area contributed by atoms with Crippen LogP contribution < -0.4 is 16.0 Å². The third kappa shape index (κ3) is 6.59. The Morgan fingerprint density at radius 3 is 2.48 bits per heavy atom. The first-order valence-corrected chi connectivity index (χ1v) is 10.1. The van der Waals surface area contributed by atoms with Crippen molar-refractivity contribution in [3.05, 3.63) is 0 Å². The number of methoxy groups -OCH3 is 1. The van der Waals surface area contributed by atoms with Gasteiger partial charge in [0.1, 0.15) is 0 Å². The maximum absolute atomic E-state index is 12.6. The number of amides is 3. The van der Waals surface area contributed by atoms with Gasteiger partial charge in [0.25, 0.3) is 0 Å². The normalized spacial score (nSPS) is 22.3. The van der Waals surface area contributed by atoms with Gasteiger partial charge in [0.2, 0.25) is 17.5 Å². The van der Waals surface area contributed by atoms with E-state index in [9.17, 15) is 24.3 Å². The smallest absolute Gasteiger partial charge is 0.409 e. The number of nitrogens with zero attached hydrogens (tertiary/aromatic N) is 1. The molecule has 2 atom stereocenters. The zero-order chi connectivity index (χ0) is 21.4. The lowest BCUT2D eigenvalue weighted by Gasteiger charge is -2.35. The molecule has 10 heteroatoms. The van der Waals surface area contributed by atoms with Gasteiger partial charge in [-0.3, -0.25) is 14.9 Å². The van der Waals surface area contributed by atoms with E-state index < -0.39 is 29.6 Å². The third-order valence-electron chi connectivity index (χ3n) is 5.71. The number of hydrogen-bond acceptors (Lipinski definition) is 6. The number of carbonyl (C=O) groups excluding carboxylic acids is 3. The highest BCUT2D eigenvalue weighted by Gasteiger charge is 2.39. The largest absolute Gasteiger partial charge is 0.478 e. The number of aliphatic carboxylic acids is 1. The standard InChI is InChI=1S/C19H32N4O6/c1-19(17(26)27,22-18(28)29-2)21-16(25)14-4-3-11-23(12-14)15(24)6-5-13-7-9-20-10-8-13/h13-14,20H,3-12H2,1-2H3,(H,21,25)(H,22,28)(H,26,27)/t14-,19-/m1/s1. The van der Waals surface area contributed by atoms with E-state index in [0.717, 1.165) is 39.5 Å². The summed E-state index contributed by atoms with van der Waals surface area (Å²) in [6, 6.07) is 0. The summed E-state index contributed by atoms with van der Waals surface area (Å²) in [6.07, 6.45) is 3.75. The number of carboxylic acid groups (broad SMARTS) is 1. The first-order chi connectivity index (χ1) is 13.7. The molecule has 3 amide bonds. The topological polar surface area (TPSA) is 137 Å². The maximum Gasteiger partial charge on any atom is 0.409 e. The first kappa shape index (κ1) is 22.9. The van der Waals surface area contributed by atoms with E-state index in [-0.39, 0.29) is 12.5 Å². The molecule has 2 aliphatic rings. The molecule has 164 valence electrons. The number of nitrogens with one attached hydrogen (secondary N) is 3. The molecule has 2 saturated heterocycles. The van der Waals surface area contributed by atoms with Crippen LogP contribution in [0, 0.1) is 11.8 Å². The highest BCUT2D eigenvalue weighted by Crippen LogP contribution is 2.22. The Morgan fingerprint density at radius 1 is 1.17 bits per heavy atom. The summed E-state index contributed by atoms with van der Waals surface area (Å²) in [7, 11) is 1.11. The zero-order valence-electron chi connectivity index (χ0n) is 17.2. The molecule has 10 nitrogen and oxygen atoms in total. The van der Waals surface area contributed by atoms with Crippen LogP contribution in [-0.4, -0.2) is 72.8 Å². The monoisotopic (exact) mass is 412 g/mol. The molecule has 0 saturated carbocycles. The van der Waals surface area contributed by atoms with Gasteiger partial charge in [0.15, 0.2) is 0 Å². The van der Waals surface area contributed by atoms with Gasteiger partial charge in [-0.15, -0.1) is 0 Å². The van der Waals surface area contributed by atoms with Gasteiger partial charge in [-0.05, 0) is 58.0 Å². The number of likely N-dealkylation sites (tertiary alicyclic amines) is 1. The van der Waals surface area contributed by atoms with Gasteiger partial charge < -0.3 is 25.4 Å². The molecule has 2 heterocycles. The molecule has 2 aliphatic heterocycles. The first-order valence-electron chi connectivity index (χ1n) is 10.1. The van der Waals surface area contributed by atoms with Crippen LogP contribution in [0.4, 0.5) is 4.79 Å². The fourth-order valence-electron chi connectivity index (χ4n) is 3.82. The molecular formula is C19H32N4O6. The van der Waals surface area contributed by atoms with Crippen LogP contribution in [0.1, 0.15) is 45.4 Å². The molecule has 0 aliphatic carbocycles. The van der Waals surface area contributed by atoms with Crippen molar-refractivity contribution in [1.29, 1.82) is 0 Å². The molecule has 0 aromatic heterocycles. The van der Waals surface area contributed by atoms with E-state index >= 15 is 0 Å². The second-order valence-corrected chi connectivity index (χ2v) is 7.95. The molecule has 0 spiro atoms. The van der Waals surface area contributed by atoms with Crippen LogP contribution in [0.3, 0.4) is 0 Å². The molecule has 0 unspecified atom stereocenters. The summed E-state index contributed by atoms with van der Waals surface area (Å²) in [5, 5.41) is 17.2. The summed E-state index contributed by atoms with van der Waals surface area (Å²) in [5.41, 5.74) is -1.99. The molecule has 29 heavy (non-hydrogen) atoms. The Balaban J connectivity index is 1.89. The highest BCUT2D eigenvalue weighted by molar-refractivity contribution is 5.90. The molecule has 0 bridgehead atoms. The molecular weight excluding hydrogens is 380 g/mol. The summed E-state index contributed by atoms with van der Waals surface area (Å²) in [6.45, 7) is 4.02. The van der Waals surface area contributed by atoms with E-state index in [1.807, 2.05) is 0 Å². The van der Waals surface area contributed by atoms with Gasteiger partial charge in [0, 0.05) is 19.5 Å². The van der Waals surface area contributed by atoms with Crippen molar-refractivity contribution in [3.8, 4) is 0 Å². The molecule has 0 radical (unpaired) electrons. The number of alkyl carbamates (subject to hydrolysis) is 1. The number of piperidine rings is 2. The molecule has 2 fully saturated rings. The second-order valence-electron chi connectivity index (χ2n) is 7.95. The van der Waals surface area contributed by atoms with Gasteiger partial charge >= 0.3 is 12.1 Å². The van der Waals surface area contributed by atoms with Crippen molar-refractivity contribution in [2.75, 3.05) is 33.3 Å². The van der Waals surface area contributed by atoms with Crippen molar-refractivity contribution in [1.82, 2.24) is 20.9 Å². The summed E-state index contributed by atoms with van der Waals surface area (Å²) < 4.78 is 4.43. The van der Waals surface area contributed by atoms with E-state index in [2.05, 4.69) is 20.7 Å². The van der Waals surface area contributed by atoms with Crippen LogP contribution in [0.2, 0.25) is 0 Å². The summed E-state index contributed by atoms with van der Waals surface area (Å²) >= 11 is 0. The van der Waals surface area contributed by atoms with Crippen LogP contribution in [0.5, 0.6) is 0 Å². The fourth-order valence-corrected chi connectivity index (χ4v) is 3.82. The number of hydrogen-bond donors (Lipinski definition) is 4. The van der Waals surface area contributed by atoms with Gasteiger partial charge in [-0.2, -0.15) is 0 Å². The van der Waals surface area contributed by atoms with Crippen LogP contribution >= 0.6 is 0 Å². The number of carbonyl (C=O) groups is 4. The SMILES string of the molecule is COC(=O)N[C@@](C)(NC(=O)[C@@H]1CCCN(C(=O)CCC2CCNCC2)C1)C(=O)O. The Hall–Kier alpha value is -2.36. The predicted molar refractivity (Wildman–Crippen MR) is 104 cm³/mol. The lowest BCUT2D eigenvalue weighted by atomic mass is 9.92. The zero-order valence-corrected chi connectivity index (χ0v) is 17.2. The Labute approximate surface area is 170 Å². The van der Waals surface area contributed by atoms with E-state index in [1.54, 1.807) is 4.90 Å². The predicted octanol–water partition coefficient (Wildman–Crippen LogP) is 0.278. The average molecular weight is 412 g/mol. The minimum atomic E-state index is -1.99. The van der Waals surface area contributed by atoms with Crippen molar-refractivity contribution in [2.24, 2.45) is 11.8 Å². The minimum absolute atomic E-state index is 0.0368. The number of carboxylic acids is 1. The van der Waals surface area contributed by atoms with Crippen molar-refractivity contribution in [3.63, 3.8) is 0 Å². The van der Waals surface area contributed by atoms with Gasteiger partial charge in [-0.1, -0.05) is 0 Å². The molecule has 0 aromatic rings. The molecule has 0 aromatic carbocycles. The number of ether oxygens (including phenoxy) is 1. The third-order valence-corrected chi connectivity index (χ3v) is 5.71. The quantitative estimate of drug-likeness (QED) is 0.441. The molecule has 2 rings (SSSR count). The minimum Gasteiger partial charge on any atom is -0.478 e. The fraction of sp³-hybridized carbons (Fsp3) is 0.789. The summed E-state index contributed by atoms with van der Waals surface area (Å²) in [5.74, 6) is -1.85. The van der Waals surface area contributed by atoms with Gasteiger partial charge in [0.05, 0.1) is 13.0 Å². The molecule has 4 N–H and O–H groups in total. The lowest BCUT2D eigenvalue weighted by molar-refractivity contribution is -0.149. The van der Waals surface area contributed by atoms with Crippen molar-refractivity contribution in [2.45, 2.75) is 51.1 Å². The Bertz CT molecular complexity index is 622. The average Bonchev–Trinajstić information content (AvgIpc) is 2.72. The highest BCUT2D eigenvalue weighted by atomic mass is 16.5. The number of rotatable bonds is 7. The summed E-state index contributed by atoms with van der Waals surface area (Å²) in [4.78, 5) is 49.9. The van der Waals surface area contributed by atoms with Crippen molar-refractivity contribution >= 4 is 23.9 Å². The van der Waals surface area contributed by atoms with E-state index in [0.29, 0.717) is 31.7 Å². The van der Waals surface area contributed by atoms with Crippen LogP contribution in [0.15, 0.2) is 0 Å². The Morgan fingerprint density at radius 2 is 1.86 bits per heavy atom. The Kier molecular flexibility index (Phi) is 8.24. The van der Waals surface area contributed by atoms with Crippen molar-refractivity contribution < 1.29 is 29.0 Å². The second kappa shape index (κ2) is 10.4.